The van der Waals surface area contributed by atoms with Crippen molar-refractivity contribution in [2.75, 3.05) is 25.0 Å². The van der Waals surface area contributed by atoms with Crippen molar-refractivity contribution in [1.82, 2.24) is 9.62 Å². The van der Waals surface area contributed by atoms with E-state index in [-0.39, 0.29) is 45.3 Å². The quantitative estimate of drug-likeness (QED) is 0.268. The van der Waals surface area contributed by atoms with Gasteiger partial charge in [0.1, 0.15) is 10.6 Å². The van der Waals surface area contributed by atoms with E-state index < -0.39 is 31.1 Å². The molecule has 0 aliphatic carbocycles. The summed E-state index contributed by atoms with van der Waals surface area (Å²) in [6.07, 6.45) is -1.13. The first kappa shape index (κ1) is 34.4. The number of carbonyl (C=O) groups is 2. The van der Waals surface area contributed by atoms with Gasteiger partial charge in [-0.2, -0.15) is 4.31 Å². The van der Waals surface area contributed by atoms with Gasteiger partial charge in [-0.15, -0.1) is 11.3 Å². The lowest BCUT2D eigenvalue weighted by Crippen LogP contribution is -2.53. The van der Waals surface area contributed by atoms with Gasteiger partial charge < -0.3 is 14.5 Å². The lowest BCUT2D eigenvalue weighted by Gasteiger charge is -2.35. The van der Waals surface area contributed by atoms with Crippen LogP contribution < -0.4 is 15.0 Å². The number of sulfonamides is 1. The first-order chi connectivity index (χ1) is 20.6. The summed E-state index contributed by atoms with van der Waals surface area (Å²) in [5.74, 6) is -0.371. The van der Waals surface area contributed by atoms with E-state index in [4.69, 9.17) is 32.4 Å². The molecule has 0 saturated heterocycles. The first-order valence-corrected chi connectivity index (χ1v) is 19.9. The molecule has 14 heteroatoms. The van der Waals surface area contributed by atoms with Gasteiger partial charge in [0.25, 0.3) is 11.8 Å². The van der Waals surface area contributed by atoms with Crippen LogP contribution in [0, 0.1) is 5.41 Å². The van der Waals surface area contributed by atoms with Crippen LogP contribution in [0.1, 0.15) is 36.0 Å². The molecule has 2 heterocycles. The molecule has 3 aromatic rings. The number of benzene rings is 2. The van der Waals surface area contributed by atoms with Crippen molar-refractivity contribution in [2.24, 2.45) is 5.41 Å². The summed E-state index contributed by atoms with van der Waals surface area (Å²) in [6.45, 7) is 10.6. The molecule has 1 aromatic heterocycles. The van der Waals surface area contributed by atoms with Crippen molar-refractivity contribution in [3.05, 3.63) is 74.4 Å². The van der Waals surface area contributed by atoms with Gasteiger partial charge in [-0.3, -0.25) is 14.5 Å². The van der Waals surface area contributed by atoms with Crippen LogP contribution in [0.2, 0.25) is 23.1 Å². The highest BCUT2D eigenvalue weighted by atomic mass is 35.5. The normalized spacial score (nSPS) is 16.0. The molecule has 0 bridgehead atoms. The summed E-state index contributed by atoms with van der Waals surface area (Å²) < 4.78 is 39.6. The SMILES string of the molecule is CN(Cc1csc(C(=O)N2CC(C(=O)NCC(O[SiH](C)C)C(C)(C)C)Oc3ccccc32)c1Cl)S(=O)(=O)c1ccc(Cl)cc1. The summed E-state index contributed by atoms with van der Waals surface area (Å²) in [7, 11) is -3.74. The Labute approximate surface area is 274 Å². The van der Waals surface area contributed by atoms with E-state index >= 15 is 0 Å². The van der Waals surface area contributed by atoms with Gasteiger partial charge in [0.15, 0.2) is 15.1 Å². The summed E-state index contributed by atoms with van der Waals surface area (Å²) in [5, 5.41) is 5.22. The zero-order valence-corrected chi connectivity index (χ0v) is 29.8. The fraction of sp³-hybridized carbons (Fsp3) is 0.400. The van der Waals surface area contributed by atoms with Gasteiger partial charge in [0, 0.05) is 25.2 Å². The van der Waals surface area contributed by atoms with Crippen LogP contribution >= 0.6 is 34.5 Å². The lowest BCUT2D eigenvalue weighted by atomic mass is 9.89. The third kappa shape index (κ3) is 7.84. The Balaban J connectivity index is 1.52. The van der Waals surface area contributed by atoms with Crippen molar-refractivity contribution >= 4 is 71.1 Å². The minimum atomic E-state index is -3.83. The topological polar surface area (TPSA) is 105 Å². The fourth-order valence-corrected chi connectivity index (χ4v) is 8.35. The number of hydrogen-bond donors (Lipinski definition) is 1. The Morgan fingerprint density at radius 1 is 1.16 bits per heavy atom. The number of nitrogens with zero attached hydrogens (tertiary/aromatic N) is 2. The van der Waals surface area contributed by atoms with Gasteiger partial charge in [-0.25, -0.2) is 8.42 Å². The fourth-order valence-electron chi connectivity index (χ4n) is 4.62. The summed E-state index contributed by atoms with van der Waals surface area (Å²) in [5.41, 5.74) is 0.817. The first-order valence-electron chi connectivity index (χ1n) is 14.1. The molecule has 0 saturated carbocycles. The predicted octanol–water partition coefficient (Wildman–Crippen LogP) is 5.81. The van der Waals surface area contributed by atoms with Crippen LogP contribution in [-0.2, 0) is 25.8 Å². The van der Waals surface area contributed by atoms with E-state index in [2.05, 4.69) is 39.2 Å². The van der Waals surface area contributed by atoms with Crippen LogP contribution in [0.3, 0.4) is 0 Å². The van der Waals surface area contributed by atoms with E-state index in [1.54, 1.807) is 29.6 Å². The molecule has 1 aliphatic heterocycles. The minimum absolute atomic E-state index is 0.0317. The molecule has 2 amide bonds. The smallest absolute Gasteiger partial charge is 0.270 e. The number of halogens is 2. The van der Waals surface area contributed by atoms with Crippen LogP contribution in [0.5, 0.6) is 5.75 Å². The second-order valence-corrected chi connectivity index (χ2v) is 18.0. The molecular formula is C30H37Cl2N3O6S2Si. The van der Waals surface area contributed by atoms with E-state index in [0.29, 0.717) is 28.6 Å². The Bertz CT molecular complexity index is 1610. The van der Waals surface area contributed by atoms with Gasteiger partial charge >= 0.3 is 0 Å². The number of anilines is 1. The molecule has 0 spiro atoms. The van der Waals surface area contributed by atoms with E-state index in [9.17, 15) is 18.0 Å². The molecule has 238 valence electrons. The van der Waals surface area contributed by atoms with Gasteiger partial charge in [0.2, 0.25) is 10.0 Å². The number of thiophene rings is 1. The Kier molecular flexibility index (Phi) is 10.9. The molecule has 2 atom stereocenters. The molecule has 0 fully saturated rings. The van der Waals surface area contributed by atoms with Gasteiger partial charge in [-0.05, 0) is 65.9 Å². The number of hydrogen-bond acceptors (Lipinski definition) is 7. The van der Waals surface area contributed by atoms with Crippen LogP contribution in [0.15, 0.2) is 58.8 Å². The highest BCUT2D eigenvalue weighted by molar-refractivity contribution is 7.89. The Hall–Kier alpha value is -2.45. The number of fused-ring (bicyclic) bond motifs is 1. The van der Waals surface area contributed by atoms with Gasteiger partial charge in [-0.1, -0.05) is 56.1 Å². The molecule has 0 radical (unpaired) electrons. The maximum absolute atomic E-state index is 13.9. The molecule has 2 aromatic carbocycles. The summed E-state index contributed by atoms with van der Waals surface area (Å²) >= 11 is 13.7. The monoisotopic (exact) mass is 697 g/mol. The lowest BCUT2D eigenvalue weighted by molar-refractivity contribution is -0.128. The average Bonchev–Trinajstić information content (AvgIpc) is 3.32. The maximum Gasteiger partial charge on any atom is 0.270 e. The third-order valence-electron chi connectivity index (χ3n) is 7.08. The van der Waals surface area contributed by atoms with Crippen molar-refractivity contribution in [3.8, 4) is 5.75 Å². The summed E-state index contributed by atoms with van der Waals surface area (Å²) in [6, 6.07) is 12.9. The number of ether oxygens (including phenoxy) is 1. The standard InChI is InChI=1S/C30H37Cl2N3O6S2Si/c1-30(2,3)25(41-44(5)6)15-33-28(36)24-17-35(22-9-7-8-10-23(22)40-24)29(37)27-26(32)19(18-42-27)16-34(4)43(38,39)21-13-11-20(31)12-14-21/h7-14,18,24-25,44H,15-17H2,1-6H3,(H,33,36). The highest BCUT2D eigenvalue weighted by Gasteiger charge is 2.37. The van der Waals surface area contributed by atoms with Crippen LogP contribution in [0.4, 0.5) is 5.69 Å². The van der Waals surface area contributed by atoms with Crippen molar-refractivity contribution in [2.45, 2.75) is 57.5 Å². The van der Waals surface area contributed by atoms with E-state index in [1.807, 2.05) is 0 Å². The molecule has 44 heavy (non-hydrogen) atoms. The largest absolute Gasteiger partial charge is 0.477 e. The highest BCUT2D eigenvalue weighted by Crippen LogP contribution is 2.37. The zero-order chi connectivity index (χ0) is 32.4. The molecular weight excluding hydrogens is 661 g/mol. The minimum Gasteiger partial charge on any atom is -0.477 e. The van der Waals surface area contributed by atoms with E-state index in [1.165, 1.54) is 40.5 Å². The average molecular weight is 699 g/mol. The molecule has 4 rings (SSSR count). The number of carbonyl (C=O) groups excluding carboxylic acids is 2. The zero-order valence-electron chi connectivity index (χ0n) is 25.5. The molecule has 9 nitrogen and oxygen atoms in total. The maximum atomic E-state index is 13.9. The Morgan fingerprint density at radius 3 is 2.45 bits per heavy atom. The van der Waals surface area contributed by atoms with E-state index in [0.717, 1.165) is 11.3 Å². The number of para-hydroxylation sites is 2. The van der Waals surface area contributed by atoms with Crippen molar-refractivity contribution in [3.63, 3.8) is 0 Å². The number of nitrogens with one attached hydrogen (secondary N) is 1. The molecule has 2 unspecified atom stereocenters. The van der Waals surface area contributed by atoms with Crippen LogP contribution in [-0.4, -0.2) is 65.9 Å². The predicted molar refractivity (Wildman–Crippen MR) is 178 cm³/mol. The second kappa shape index (κ2) is 13.9. The number of amides is 2. The number of rotatable bonds is 10. The Morgan fingerprint density at radius 2 is 1.82 bits per heavy atom. The second-order valence-electron chi connectivity index (χ2n) is 11.9. The third-order valence-corrected chi connectivity index (χ3v) is 11.6. The molecule has 1 aliphatic rings. The van der Waals surface area contributed by atoms with Crippen molar-refractivity contribution in [1.29, 1.82) is 0 Å². The molecule has 1 N–H and O–H groups in total. The van der Waals surface area contributed by atoms with Gasteiger partial charge in [0.05, 0.1) is 28.3 Å². The summed E-state index contributed by atoms with van der Waals surface area (Å²) in [4.78, 5) is 29.1. The van der Waals surface area contributed by atoms with Crippen LogP contribution in [0.25, 0.3) is 0 Å². The van der Waals surface area contributed by atoms with Crippen molar-refractivity contribution < 1.29 is 27.2 Å².